The number of rotatable bonds is 5. The zero-order valence-corrected chi connectivity index (χ0v) is 19.0. The molecule has 35 heavy (non-hydrogen) atoms. The van der Waals surface area contributed by atoms with Crippen LogP contribution in [0.2, 0.25) is 0 Å². The number of anilines is 2. The summed E-state index contributed by atoms with van der Waals surface area (Å²) in [5, 5.41) is 11.2. The minimum absolute atomic E-state index is 0.232. The molecule has 3 atom stereocenters. The van der Waals surface area contributed by atoms with Gasteiger partial charge in [-0.2, -0.15) is 0 Å². The number of aliphatic hydroxyl groups is 1. The third-order valence-corrected chi connectivity index (χ3v) is 7.56. The summed E-state index contributed by atoms with van der Waals surface area (Å²) >= 11 is 0. The van der Waals surface area contributed by atoms with Crippen LogP contribution in [0.5, 0.6) is 17.2 Å². The van der Waals surface area contributed by atoms with Crippen LogP contribution in [0.25, 0.3) is 0 Å². The van der Waals surface area contributed by atoms with E-state index in [1.54, 1.807) is 0 Å². The topological polar surface area (TPSA) is 88.1 Å². The van der Waals surface area contributed by atoms with Crippen molar-refractivity contribution in [2.75, 3.05) is 4.90 Å². The first-order valence-electron chi connectivity index (χ1n) is 10.8. The Kier molecular flexibility index (Phi) is 5.86. The maximum Gasteiger partial charge on any atom is 0.573 e. The van der Waals surface area contributed by atoms with E-state index in [0.717, 1.165) is 35.6 Å². The van der Waals surface area contributed by atoms with Crippen LogP contribution in [-0.4, -0.2) is 38.1 Å². The summed E-state index contributed by atoms with van der Waals surface area (Å²) in [6, 6.07) is 17.5. The molecule has 3 aromatic carbocycles. The van der Waals surface area contributed by atoms with Crippen molar-refractivity contribution < 1.29 is 36.2 Å². The zero-order valence-electron chi connectivity index (χ0n) is 18.1. The molecule has 7 nitrogen and oxygen atoms in total. The number of sulfonamides is 1. The molecule has 2 aliphatic rings. The van der Waals surface area contributed by atoms with Crippen LogP contribution in [0.4, 0.5) is 24.5 Å². The van der Waals surface area contributed by atoms with Crippen LogP contribution in [-0.2, 0) is 10.0 Å². The van der Waals surface area contributed by atoms with Crippen LogP contribution in [0.15, 0.2) is 77.7 Å². The van der Waals surface area contributed by atoms with Crippen LogP contribution in [0.1, 0.15) is 12.8 Å². The minimum atomic E-state index is -4.88. The fraction of sp³-hybridized carbons (Fsp3) is 0.250. The first-order chi connectivity index (χ1) is 16.6. The lowest BCUT2D eigenvalue weighted by Gasteiger charge is -2.38. The molecule has 0 radical (unpaired) electrons. The van der Waals surface area contributed by atoms with Crippen LogP contribution < -0.4 is 19.1 Å². The Bertz CT molecular complexity index is 1290. The van der Waals surface area contributed by atoms with E-state index in [1.165, 1.54) is 0 Å². The maximum absolute atomic E-state index is 12.9. The van der Waals surface area contributed by atoms with Gasteiger partial charge < -0.3 is 19.5 Å². The summed E-state index contributed by atoms with van der Waals surface area (Å²) in [6.45, 7) is 0. The smallest absolute Gasteiger partial charge is 0.453 e. The molecular weight excluding hydrogens is 485 g/mol. The van der Waals surface area contributed by atoms with Crippen molar-refractivity contribution >= 4 is 21.4 Å². The molecule has 1 saturated carbocycles. The first kappa shape index (κ1) is 23.5. The Morgan fingerprint density at radius 1 is 0.914 bits per heavy atom. The second-order valence-electron chi connectivity index (χ2n) is 8.29. The van der Waals surface area contributed by atoms with Gasteiger partial charge in [0.15, 0.2) is 11.5 Å². The molecule has 0 spiro atoms. The van der Waals surface area contributed by atoms with E-state index in [0.29, 0.717) is 24.3 Å². The van der Waals surface area contributed by atoms with Crippen molar-refractivity contribution in [3.05, 3.63) is 72.8 Å². The van der Waals surface area contributed by atoms with Gasteiger partial charge in [-0.05, 0) is 61.4 Å². The van der Waals surface area contributed by atoms with Crippen molar-refractivity contribution in [3.63, 3.8) is 0 Å². The van der Waals surface area contributed by atoms with Crippen LogP contribution in [0, 0.1) is 0 Å². The number of hydrogen-bond acceptors (Lipinski definition) is 6. The Morgan fingerprint density at radius 2 is 1.49 bits per heavy atom. The summed E-state index contributed by atoms with van der Waals surface area (Å²) in [6.07, 6.45) is -5.08. The predicted octanol–water partition coefficient (Wildman–Crippen LogP) is 4.70. The van der Waals surface area contributed by atoms with Crippen molar-refractivity contribution in [1.29, 1.82) is 0 Å². The second kappa shape index (κ2) is 8.74. The predicted molar refractivity (Wildman–Crippen MR) is 121 cm³/mol. The van der Waals surface area contributed by atoms with Gasteiger partial charge in [0.2, 0.25) is 10.0 Å². The van der Waals surface area contributed by atoms with E-state index in [9.17, 15) is 26.7 Å². The molecule has 0 amide bonds. The Morgan fingerprint density at radius 3 is 2.06 bits per heavy atom. The third kappa shape index (κ3) is 4.66. The number of aliphatic hydroxyl groups excluding tert-OH is 1. The van der Waals surface area contributed by atoms with E-state index >= 15 is 0 Å². The lowest BCUT2D eigenvalue weighted by Crippen LogP contribution is -2.47. The fourth-order valence-corrected chi connectivity index (χ4v) is 5.84. The van der Waals surface area contributed by atoms with E-state index in [4.69, 9.17) is 4.74 Å². The number of hydrogen-bond donors (Lipinski definition) is 2. The summed E-state index contributed by atoms with van der Waals surface area (Å²) in [7, 11) is -4.10. The quantitative estimate of drug-likeness (QED) is 0.522. The monoisotopic (exact) mass is 506 g/mol. The molecule has 11 heteroatoms. The zero-order chi connectivity index (χ0) is 24.8. The number of nitrogens with zero attached hydrogens (tertiary/aromatic N) is 1. The summed E-state index contributed by atoms with van der Waals surface area (Å²) in [5.74, 6) is 0.731. The van der Waals surface area contributed by atoms with Gasteiger partial charge in [0.05, 0.1) is 34.5 Å². The molecule has 2 N–H and O–H groups in total. The highest BCUT2D eigenvalue weighted by molar-refractivity contribution is 7.89. The van der Waals surface area contributed by atoms with Crippen molar-refractivity contribution in [3.8, 4) is 17.2 Å². The molecule has 1 aliphatic carbocycles. The number of nitrogens with one attached hydrogen (secondary N) is 1. The lowest BCUT2D eigenvalue weighted by molar-refractivity contribution is -0.274. The van der Waals surface area contributed by atoms with Gasteiger partial charge in [-0.1, -0.05) is 24.3 Å². The number of ether oxygens (including phenoxy) is 2. The average Bonchev–Trinajstić information content (AvgIpc) is 3.15. The van der Waals surface area contributed by atoms with Gasteiger partial charge >= 0.3 is 6.36 Å². The van der Waals surface area contributed by atoms with E-state index in [-0.39, 0.29) is 4.90 Å². The summed E-state index contributed by atoms with van der Waals surface area (Å²) in [5.41, 5.74) is 1.53. The molecule has 1 aliphatic heterocycles. The number of para-hydroxylation sites is 4. The Labute approximate surface area is 199 Å². The largest absolute Gasteiger partial charge is 0.573 e. The number of alkyl halides is 3. The molecule has 3 aromatic rings. The highest BCUT2D eigenvalue weighted by Gasteiger charge is 2.43. The van der Waals surface area contributed by atoms with Crippen molar-refractivity contribution in [2.24, 2.45) is 0 Å². The van der Waals surface area contributed by atoms with Crippen molar-refractivity contribution in [2.45, 2.75) is 42.3 Å². The maximum atomic E-state index is 12.9. The Hall–Kier alpha value is -3.28. The van der Waals surface area contributed by atoms with Crippen LogP contribution >= 0.6 is 0 Å². The van der Waals surface area contributed by atoms with Crippen LogP contribution in [0.3, 0.4) is 0 Å². The molecule has 0 aromatic heterocycles. The average molecular weight is 507 g/mol. The molecule has 184 valence electrons. The van der Waals surface area contributed by atoms with Gasteiger partial charge in [-0.15, -0.1) is 13.2 Å². The standard InChI is InChI=1S/C24H21F3N2O5S/c25-24(26,27)34-15-9-11-16(12-10-15)35(31,32)28-17-13-14-20(23(17)30)29-18-5-1-3-7-21(18)33-22-8-4-2-6-19(22)29/h1-12,17,20,23,28,30H,13-14H2/t17-,20?,23+/m1/s1. The minimum Gasteiger partial charge on any atom is -0.453 e. The molecule has 0 saturated heterocycles. The SMILES string of the molecule is O=S(=O)(N[C@@H]1CCC(N2c3ccccc3Oc3ccccc32)[C@H]1O)c1ccc(OC(F)(F)F)cc1. The van der Waals surface area contributed by atoms with Gasteiger partial charge in [0.1, 0.15) is 5.75 Å². The van der Waals surface area contributed by atoms with Gasteiger partial charge in [-0.25, -0.2) is 13.1 Å². The molecule has 1 fully saturated rings. The molecule has 5 rings (SSSR count). The summed E-state index contributed by atoms with van der Waals surface area (Å²) < 4.78 is 75.2. The van der Waals surface area contributed by atoms with Gasteiger partial charge in [0.25, 0.3) is 0 Å². The molecule has 1 heterocycles. The first-order valence-corrected chi connectivity index (χ1v) is 12.3. The highest BCUT2D eigenvalue weighted by atomic mass is 32.2. The van der Waals surface area contributed by atoms with E-state index < -0.39 is 40.3 Å². The lowest BCUT2D eigenvalue weighted by atomic mass is 10.1. The van der Waals surface area contributed by atoms with Crippen molar-refractivity contribution in [1.82, 2.24) is 4.72 Å². The third-order valence-electron chi connectivity index (χ3n) is 6.06. The van der Waals surface area contributed by atoms with E-state index in [2.05, 4.69) is 9.46 Å². The Balaban J connectivity index is 1.37. The normalized spacial score (nSPS) is 21.7. The molecule has 1 unspecified atom stereocenters. The second-order valence-corrected chi connectivity index (χ2v) is 10.0. The van der Waals surface area contributed by atoms with Gasteiger partial charge in [-0.3, -0.25) is 0 Å². The fourth-order valence-electron chi connectivity index (χ4n) is 4.55. The highest BCUT2D eigenvalue weighted by Crippen LogP contribution is 2.49. The van der Waals surface area contributed by atoms with E-state index in [1.807, 2.05) is 53.4 Å². The summed E-state index contributed by atoms with van der Waals surface area (Å²) in [4.78, 5) is 1.74. The van der Waals surface area contributed by atoms with Gasteiger partial charge in [0, 0.05) is 0 Å². The number of benzene rings is 3. The molecular formula is C24H21F3N2O5S. The number of fused-ring (bicyclic) bond motifs is 2. The number of halogens is 3. The molecule has 0 bridgehead atoms.